The van der Waals surface area contributed by atoms with Gasteiger partial charge in [0, 0.05) is 11.6 Å². The molecular formula is C14H20O4. The Kier molecular flexibility index (Phi) is 5.62. The second kappa shape index (κ2) is 6.99. The van der Waals surface area contributed by atoms with E-state index in [2.05, 4.69) is 0 Å². The van der Waals surface area contributed by atoms with Crippen LogP contribution in [0.5, 0.6) is 0 Å². The van der Waals surface area contributed by atoms with Crippen molar-refractivity contribution < 1.29 is 13.9 Å². The van der Waals surface area contributed by atoms with Crippen LogP contribution in [-0.4, -0.2) is 12.6 Å². The lowest BCUT2D eigenvalue weighted by atomic mass is 9.99. The van der Waals surface area contributed by atoms with Gasteiger partial charge in [-0.3, -0.25) is 0 Å². The molecule has 0 saturated heterocycles. The van der Waals surface area contributed by atoms with Gasteiger partial charge in [-0.1, -0.05) is 26.7 Å². The second-order valence-electron chi connectivity index (χ2n) is 4.12. The van der Waals surface area contributed by atoms with Crippen molar-refractivity contribution in [3.05, 3.63) is 33.4 Å². The van der Waals surface area contributed by atoms with Crippen molar-refractivity contribution in [2.75, 3.05) is 6.61 Å². The highest BCUT2D eigenvalue weighted by molar-refractivity contribution is 5.88. The summed E-state index contributed by atoms with van der Waals surface area (Å²) in [6, 6.07) is 1.48. The van der Waals surface area contributed by atoms with E-state index in [0.717, 1.165) is 30.4 Å². The molecule has 1 heterocycles. The van der Waals surface area contributed by atoms with E-state index in [1.54, 1.807) is 6.92 Å². The van der Waals surface area contributed by atoms with Gasteiger partial charge < -0.3 is 9.15 Å². The van der Waals surface area contributed by atoms with E-state index < -0.39 is 11.6 Å². The lowest BCUT2D eigenvalue weighted by molar-refractivity contribution is 0.0482. The number of hydrogen-bond donors (Lipinski definition) is 0. The van der Waals surface area contributed by atoms with Crippen molar-refractivity contribution in [3.8, 4) is 0 Å². The molecule has 1 rings (SSSR count). The first kappa shape index (κ1) is 14.5. The molecule has 0 aliphatic heterocycles. The summed E-state index contributed by atoms with van der Waals surface area (Å²) in [7, 11) is 0. The van der Waals surface area contributed by atoms with E-state index in [1.807, 2.05) is 13.8 Å². The summed E-state index contributed by atoms with van der Waals surface area (Å²) in [6.45, 7) is 6.06. The number of rotatable bonds is 6. The van der Waals surface area contributed by atoms with Gasteiger partial charge in [0.05, 0.1) is 6.61 Å². The molecule has 0 N–H and O–H groups in total. The zero-order valence-corrected chi connectivity index (χ0v) is 11.2. The van der Waals surface area contributed by atoms with E-state index in [4.69, 9.17) is 9.15 Å². The van der Waals surface area contributed by atoms with E-state index in [9.17, 15) is 9.59 Å². The highest BCUT2D eigenvalue weighted by Gasteiger charge is 2.19. The van der Waals surface area contributed by atoms with E-state index in [1.165, 1.54) is 6.07 Å². The average molecular weight is 252 g/mol. The van der Waals surface area contributed by atoms with Crippen LogP contribution in [0.2, 0.25) is 0 Å². The molecule has 1 aromatic heterocycles. The minimum atomic E-state index is -0.545. The summed E-state index contributed by atoms with van der Waals surface area (Å²) >= 11 is 0. The van der Waals surface area contributed by atoms with Crippen molar-refractivity contribution in [2.24, 2.45) is 0 Å². The van der Waals surface area contributed by atoms with Crippen molar-refractivity contribution >= 4 is 5.97 Å². The number of hydrogen-bond acceptors (Lipinski definition) is 4. The first-order valence-electron chi connectivity index (χ1n) is 6.47. The molecule has 4 heteroatoms. The second-order valence-corrected chi connectivity index (χ2v) is 4.12. The van der Waals surface area contributed by atoms with Gasteiger partial charge in [-0.15, -0.1) is 0 Å². The van der Waals surface area contributed by atoms with Gasteiger partial charge in [0.15, 0.2) is 0 Å². The maximum Gasteiger partial charge on any atom is 0.374 e. The average Bonchev–Trinajstić information content (AvgIpc) is 2.33. The third-order valence-corrected chi connectivity index (χ3v) is 2.64. The summed E-state index contributed by atoms with van der Waals surface area (Å²) < 4.78 is 9.96. The first-order chi connectivity index (χ1) is 8.63. The van der Waals surface area contributed by atoms with Crippen LogP contribution in [0.3, 0.4) is 0 Å². The molecule has 0 bridgehead atoms. The molecule has 0 aliphatic rings. The fraction of sp³-hybridized carbons (Fsp3) is 0.571. The number of ether oxygens (including phenoxy) is 1. The van der Waals surface area contributed by atoms with Crippen molar-refractivity contribution in [1.29, 1.82) is 0 Å². The zero-order chi connectivity index (χ0) is 13.5. The molecule has 1 aromatic rings. The minimum absolute atomic E-state index is 0.0784. The van der Waals surface area contributed by atoms with Crippen molar-refractivity contribution in [2.45, 2.75) is 46.5 Å². The number of aryl methyl sites for hydroxylation is 1. The van der Waals surface area contributed by atoms with Crippen molar-refractivity contribution in [3.63, 3.8) is 0 Å². The Labute approximate surface area is 107 Å². The van der Waals surface area contributed by atoms with E-state index >= 15 is 0 Å². The highest BCUT2D eigenvalue weighted by atomic mass is 16.5. The van der Waals surface area contributed by atoms with Crippen LogP contribution >= 0.6 is 0 Å². The standard InChI is InChI=1S/C14H20O4/c1-4-7-10-9-12(15)18-13(11(10)8-5-2)14(16)17-6-3/h9H,4-8H2,1-3H3. The summed E-state index contributed by atoms with van der Waals surface area (Å²) in [5, 5.41) is 0. The summed E-state index contributed by atoms with van der Waals surface area (Å²) in [5.41, 5.74) is 1.23. The van der Waals surface area contributed by atoms with Gasteiger partial charge in [-0.05, 0) is 25.3 Å². The summed E-state index contributed by atoms with van der Waals surface area (Å²) in [6.07, 6.45) is 3.29. The number of carbonyl (C=O) groups is 1. The van der Waals surface area contributed by atoms with Crippen LogP contribution in [0.1, 0.15) is 55.3 Å². The maximum atomic E-state index is 11.8. The Balaban J connectivity index is 3.28. The van der Waals surface area contributed by atoms with Gasteiger partial charge >= 0.3 is 11.6 Å². The van der Waals surface area contributed by atoms with Gasteiger partial charge in [0.1, 0.15) is 0 Å². The molecule has 0 spiro atoms. The van der Waals surface area contributed by atoms with E-state index in [-0.39, 0.29) is 12.4 Å². The van der Waals surface area contributed by atoms with Crippen LogP contribution < -0.4 is 5.63 Å². The highest BCUT2D eigenvalue weighted by Crippen LogP contribution is 2.17. The largest absolute Gasteiger partial charge is 0.460 e. The first-order valence-corrected chi connectivity index (χ1v) is 6.47. The molecule has 0 fully saturated rings. The molecule has 100 valence electrons. The van der Waals surface area contributed by atoms with Gasteiger partial charge in [0.25, 0.3) is 0 Å². The molecule has 0 amide bonds. The quantitative estimate of drug-likeness (QED) is 0.730. The van der Waals surface area contributed by atoms with Crippen LogP contribution in [0.15, 0.2) is 15.3 Å². The maximum absolute atomic E-state index is 11.8. The molecule has 0 unspecified atom stereocenters. The predicted molar refractivity (Wildman–Crippen MR) is 68.9 cm³/mol. The molecule has 0 aliphatic carbocycles. The summed E-state index contributed by atoms with van der Waals surface area (Å²) in [5.74, 6) is -0.467. The zero-order valence-electron chi connectivity index (χ0n) is 11.2. The van der Waals surface area contributed by atoms with Gasteiger partial charge in [0.2, 0.25) is 5.76 Å². The Bertz CT molecular complexity index is 459. The fourth-order valence-electron chi connectivity index (χ4n) is 1.94. The molecular weight excluding hydrogens is 232 g/mol. The third-order valence-electron chi connectivity index (χ3n) is 2.64. The van der Waals surface area contributed by atoms with Crippen LogP contribution in [0.25, 0.3) is 0 Å². The monoisotopic (exact) mass is 252 g/mol. The smallest absolute Gasteiger partial charge is 0.374 e. The SMILES string of the molecule is CCCc1cc(=O)oc(C(=O)OCC)c1CCC. The van der Waals surface area contributed by atoms with E-state index in [0.29, 0.717) is 6.42 Å². The lowest BCUT2D eigenvalue weighted by Gasteiger charge is -2.11. The topological polar surface area (TPSA) is 56.5 Å². The fourth-order valence-corrected chi connectivity index (χ4v) is 1.94. The molecule has 0 aromatic carbocycles. The van der Waals surface area contributed by atoms with Crippen LogP contribution in [-0.2, 0) is 17.6 Å². The normalized spacial score (nSPS) is 10.4. The lowest BCUT2D eigenvalue weighted by Crippen LogP contribution is -2.15. The molecule has 0 saturated carbocycles. The van der Waals surface area contributed by atoms with Gasteiger partial charge in [-0.2, -0.15) is 0 Å². The Morgan fingerprint density at radius 1 is 1.22 bits per heavy atom. The summed E-state index contributed by atoms with van der Waals surface area (Å²) in [4.78, 5) is 23.3. The molecule has 4 nitrogen and oxygen atoms in total. The Morgan fingerprint density at radius 2 is 1.89 bits per heavy atom. The van der Waals surface area contributed by atoms with Crippen LogP contribution in [0.4, 0.5) is 0 Å². The predicted octanol–water partition coefficient (Wildman–Crippen LogP) is 2.72. The number of carbonyl (C=O) groups excluding carboxylic acids is 1. The molecule has 0 radical (unpaired) electrons. The molecule has 0 atom stereocenters. The van der Waals surface area contributed by atoms with Crippen LogP contribution in [0, 0.1) is 0 Å². The number of esters is 1. The Hall–Kier alpha value is -1.58. The van der Waals surface area contributed by atoms with Crippen molar-refractivity contribution in [1.82, 2.24) is 0 Å². The minimum Gasteiger partial charge on any atom is -0.460 e. The third kappa shape index (κ3) is 3.45. The Morgan fingerprint density at radius 3 is 2.44 bits per heavy atom. The molecule has 18 heavy (non-hydrogen) atoms. The van der Waals surface area contributed by atoms with Gasteiger partial charge in [-0.25, -0.2) is 9.59 Å².